The Bertz CT molecular complexity index is 434. The second-order valence-electron chi connectivity index (χ2n) is 4.70. The van der Waals surface area contributed by atoms with E-state index in [1.54, 1.807) is 0 Å². The van der Waals surface area contributed by atoms with Crippen LogP contribution in [-0.4, -0.2) is 27.9 Å². The van der Waals surface area contributed by atoms with Gasteiger partial charge < -0.3 is 10.2 Å². The normalized spacial score (nSPS) is 17.3. The predicted molar refractivity (Wildman–Crippen MR) is 62.2 cm³/mol. The molecule has 6 heteroatoms. The van der Waals surface area contributed by atoms with E-state index in [0.717, 1.165) is 26.0 Å². The molecule has 0 aliphatic carbocycles. The van der Waals surface area contributed by atoms with Crippen molar-refractivity contribution in [2.24, 2.45) is 0 Å². The maximum atomic E-state index is 14.1. The van der Waals surface area contributed by atoms with Gasteiger partial charge in [0, 0.05) is 11.6 Å². The van der Waals surface area contributed by atoms with Crippen LogP contribution < -0.4 is 0 Å². The van der Waals surface area contributed by atoms with E-state index in [9.17, 15) is 23.4 Å². The molecule has 0 spiro atoms. The van der Waals surface area contributed by atoms with Gasteiger partial charge in [0.2, 0.25) is 0 Å². The number of hydrogen-bond acceptors (Lipinski definition) is 2. The molecular formula is C12H14ClF3O2. The van der Waals surface area contributed by atoms with E-state index in [1.807, 2.05) is 0 Å². The van der Waals surface area contributed by atoms with E-state index in [-0.39, 0.29) is 0 Å². The lowest BCUT2D eigenvalue weighted by Crippen LogP contribution is -2.50. The van der Waals surface area contributed by atoms with E-state index in [4.69, 9.17) is 11.6 Å². The van der Waals surface area contributed by atoms with Crippen molar-refractivity contribution in [1.29, 1.82) is 0 Å². The Kier molecular flexibility index (Phi) is 4.30. The smallest absolute Gasteiger partial charge is 0.162 e. The van der Waals surface area contributed by atoms with Gasteiger partial charge >= 0.3 is 0 Å². The lowest BCUT2D eigenvalue weighted by Gasteiger charge is -2.36. The monoisotopic (exact) mass is 282 g/mol. The lowest BCUT2D eigenvalue weighted by molar-refractivity contribution is -0.117. The summed E-state index contributed by atoms with van der Waals surface area (Å²) in [5.74, 6) is -2.65. The highest BCUT2D eigenvalue weighted by Crippen LogP contribution is 2.36. The third kappa shape index (κ3) is 2.79. The molecule has 0 saturated carbocycles. The Morgan fingerprint density at radius 1 is 1.28 bits per heavy atom. The van der Waals surface area contributed by atoms with Crippen LogP contribution in [0.2, 0.25) is 0 Å². The van der Waals surface area contributed by atoms with Crippen LogP contribution in [0.1, 0.15) is 19.4 Å². The van der Waals surface area contributed by atoms with E-state index < -0.39 is 40.5 Å². The summed E-state index contributed by atoms with van der Waals surface area (Å²) in [4.78, 5) is 0. The number of hydrogen-bond donors (Lipinski definition) is 2. The molecule has 18 heavy (non-hydrogen) atoms. The SMILES string of the molecule is CC(C)(O)C(F)C(O)(CCl)c1ccc(F)cc1F. The standard InChI is InChI=1S/C12H14ClF3O2/c1-11(2,17)10(16)12(18,6-13)8-4-3-7(14)5-9(8)15/h3-5,10,17-18H,6H2,1-2H3. The summed E-state index contributed by atoms with van der Waals surface area (Å²) < 4.78 is 40.4. The number of halogens is 4. The first-order valence-corrected chi connectivity index (χ1v) is 5.76. The Morgan fingerprint density at radius 2 is 1.83 bits per heavy atom. The van der Waals surface area contributed by atoms with Crippen LogP contribution >= 0.6 is 11.6 Å². The summed E-state index contributed by atoms with van der Waals surface area (Å²) in [6.45, 7) is 2.24. The first-order valence-electron chi connectivity index (χ1n) is 5.23. The van der Waals surface area contributed by atoms with Crippen molar-refractivity contribution in [2.75, 3.05) is 5.88 Å². The Balaban J connectivity index is 3.31. The van der Waals surface area contributed by atoms with Gasteiger partial charge in [-0.15, -0.1) is 11.6 Å². The van der Waals surface area contributed by atoms with Crippen LogP contribution in [0.4, 0.5) is 13.2 Å². The first kappa shape index (κ1) is 15.3. The van der Waals surface area contributed by atoms with E-state index in [2.05, 4.69) is 0 Å². The maximum absolute atomic E-state index is 14.1. The molecule has 1 aromatic rings. The summed E-state index contributed by atoms with van der Waals surface area (Å²) in [7, 11) is 0. The van der Waals surface area contributed by atoms with Crippen LogP contribution in [0.25, 0.3) is 0 Å². The minimum absolute atomic E-state index is 0.492. The number of benzene rings is 1. The zero-order chi connectivity index (χ0) is 14.1. The molecule has 2 atom stereocenters. The molecular weight excluding hydrogens is 269 g/mol. The van der Waals surface area contributed by atoms with E-state index in [1.165, 1.54) is 0 Å². The second-order valence-corrected chi connectivity index (χ2v) is 4.97. The molecule has 0 aliphatic heterocycles. The van der Waals surface area contributed by atoms with Gasteiger partial charge in [0.15, 0.2) is 6.17 Å². The molecule has 2 unspecified atom stereocenters. The number of alkyl halides is 2. The largest absolute Gasteiger partial charge is 0.387 e. The molecule has 1 aromatic carbocycles. The average Bonchev–Trinajstić information content (AvgIpc) is 2.25. The Labute approximate surface area is 108 Å². The zero-order valence-electron chi connectivity index (χ0n) is 9.92. The molecule has 0 heterocycles. The van der Waals surface area contributed by atoms with Crippen molar-refractivity contribution in [3.05, 3.63) is 35.4 Å². The highest BCUT2D eigenvalue weighted by molar-refractivity contribution is 6.18. The molecule has 0 aliphatic rings. The molecule has 102 valence electrons. The predicted octanol–water partition coefficient (Wildman–Crippen LogP) is 2.50. The van der Waals surface area contributed by atoms with Crippen LogP contribution in [-0.2, 0) is 5.60 Å². The Morgan fingerprint density at radius 3 is 2.22 bits per heavy atom. The summed E-state index contributed by atoms with van der Waals surface area (Å²) in [5.41, 5.74) is -4.85. The van der Waals surface area contributed by atoms with Gasteiger partial charge in [-0.2, -0.15) is 0 Å². The van der Waals surface area contributed by atoms with Crippen molar-refractivity contribution in [1.82, 2.24) is 0 Å². The summed E-state index contributed by atoms with van der Waals surface area (Å²) in [6.07, 6.45) is -2.23. The lowest BCUT2D eigenvalue weighted by atomic mass is 9.82. The van der Waals surface area contributed by atoms with Crippen molar-refractivity contribution >= 4 is 11.6 Å². The van der Waals surface area contributed by atoms with Gasteiger partial charge in [-0.1, -0.05) is 6.07 Å². The quantitative estimate of drug-likeness (QED) is 0.833. The van der Waals surface area contributed by atoms with E-state index in [0.29, 0.717) is 6.07 Å². The van der Waals surface area contributed by atoms with Crippen LogP contribution in [0.15, 0.2) is 18.2 Å². The van der Waals surface area contributed by atoms with E-state index >= 15 is 0 Å². The minimum atomic E-state index is -2.43. The van der Waals surface area contributed by atoms with Gasteiger partial charge in [-0.3, -0.25) is 0 Å². The summed E-state index contributed by atoms with van der Waals surface area (Å²) in [6, 6.07) is 2.31. The topological polar surface area (TPSA) is 40.5 Å². The Hall–Kier alpha value is -0.780. The second kappa shape index (κ2) is 5.07. The molecule has 2 nitrogen and oxygen atoms in total. The molecule has 2 N–H and O–H groups in total. The van der Waals surface area contributed by atoms with Crippen LogP contribution in [0.5, 0.6) is 0 Å². The zero-order valence-corrected chi connectivity index (χ0v) is 10.7. The molecule has 0 amide bonds. The molecule has 0 radical (unpaired) electrons. The average molecular weight is 283 g/mol. The van der Waals surface area contributed by atoms with Crippen molar-refractivity contribution in [2.45, 2.75) is 31.2 Å². The third-order valence-corrected chi connectivity index (χ3v) is 3.05. The molecule has 1 rings (SSSR count). The summed E-state index contributed by atoms with van der Waals surface area (Å²) >= 11 is 5.49. The van der Waals surface area contributed by atoms with Crippen molar-refractivity contribution < 1.29 is 23.4 Å². The fraction of sp³-hybridized carbons (Fsp3) is 0.500. The fourth-order valence-corrected chi connectivity index (χ4v) is 1.98. The minimum Gasteiger partial charge on any atom is -0.387 e. The number of aliphatic hydroxyl groups is 2. The van der Waals surface area contributed by atoms with Crippen molar-refractivity contribution in [3.63, 3.8) is 0 Å². The fourth-order valence-electron chi connectivity index (χ4n) is 1.70. The summed E-state index contributed by atoms with van der Waals surface area (Å²) in [5, 5.41) is 19.7. The molecule has 0 aromatic heterocycles. The first-order chi connectivity index (χ1) is 8.13. The molecule has 0 saturated heterocycles. The van der Waals surface area contributed by atoms with Gasteiger partial charge in [-0.05, 0) is 19.9 Å². The number of rotatable bonds is 4. The van der Waals surface area contributed by atoms with Crippen LogP contribution in [0, 0.1) is 11.6 Å². The van der Waals surface area contributed by atoms with Gasteiger partial charge in [0.1, 0.15) is 17.2 Å². The van der Waals surface area contributed by atoms with Crippen LogP contribution in [0.3, 0.4) is 0 Å². The van der Waals surface area contributed by atoms with Crippen molar-refractivity contribution in [3.8, 4) is 0 Å². The third-order valence-electron chi connectivity index (χ3n) is 2.64. The van der Waals surface area contributed by atoms with Gasteiger partial charge in [0.05, 0.1) is 11.5 Å². The van der Waals surface area contributed by atoms with Gasteiger partial charge in [0.25, 0.3) is 0 Å². The highest BCUT2D eigenvalue weighted by Gasteiger charge is 2.47. The maximum Gasteiger partial charge on any atom is 0.162 e. The highest BCUT2D eigenvalue weighted by atomic mass is 35.5. The molecule has 0 fully saturated rings. The van der Waals surface area contributed by atoms with Gasteiger partial charge in [-0.25, -0.2) is 13.2 Å². The molecule has 0 bridgehead atoms.